The first-order valence-electron chi connectivity index (χ1n) is 6.85. The topological polar surface area (TPSA) is 77.8 Å². The summed E-state index contributed by atoms with van der Waals surface area (Å²) in [5.41, 5.74) is 0.917. The lowest BCUT2D eigenvalue weighted by Crippen LogP contribution is -2.31. The molecule has 122 valence electrons. The summed E-state index contributed by atoms with van der Waals surface area (Å²) in [5, 5.41) is 2.75. The molecule has 0 saturated carbocycles. The number of hydrogen-bond acceptors (Lipinski definition) is 5. The summed E-state index contributed by atoms with van der Waals surface area (Å²) in [4.78, 5) is 23.5. The maximum absolute atomic E-state index is 11.8. The third-order valence-corrected chi connectivity index (χ3v) is 3.53. The van der Waals surface area contributed by atoms with Crippen molar-refractivity contribution in [1.29, 1.82) is 0 Å². The molecule has 1 aromatic heterocycles. The van der Waals surface area contributed by atoms with E-state index in [1.165, 1.54) is 6.07 Å². The molecule has 0 aliphatic heterocycles. The second kappa shape index (κ2) is 7.82. The fraction of sp³-hybridized carbons (Fsp3) is 0.250. The Kier molecular flexibility index (Phi) is 5.81. The largest absolute Gasteiger partial charge is 0.497 e. The average molecular weight is 382 g/mol. The van der Waals surface area contributed by atoms with Gasteiger partial charge in [-0.15, -0.1) is 0 Å². The summed E-state index contributed by atoms with van der Waals surface area (Å²) in [6.45, 7) is 1.46. The maximum Gasteiger partial charge on any atom is 0.374 e. The van der Waals surface area contributed by atoms with Gasteiger partial charge in [0, 0.05) is 0 Å². The zero-order valence-electron chi connectivity index (χ0n) is 12.7. The predicted molar refractivity (Wildman–Crippen MR) is 86.2 cm³/mol. The van der Waals surface area contributed by atoms with Gasteiger partial charge in [-0.25, -0.2) is 4.79 Å². The van der Waals surface area contributed by atoms with Gasteiger partial charge in [0.15, 0.2) is 11.3 Å². The van der Waals surface area contributed by atoms with Crippen LogP contribution in [-0.2, 0) is 9.53 Å². The van der Waals surface area contributed by atoms with Gasteiger partial charge in [-0.2, -0.15) is 0 Å². The van der Waals surface area contributed by atoms with E-state index < -0.39 is 11.9 Å². The summed E-state index contributed by atoms with van der Waals surface area (Å²) >= 11 is 3.09. The number of furan rings is 1. The van der Waals surface area contributed by atoms with Crippen LogP contribution in [0.3, 0.4) is 0 Å². The van der Waals surface area contributed by atoms with Gasteiger partial charge in [0.2, 0.25) is 5.76 Å². The van der Waals surface area contributed by atoms with Gasteiger partial charge in [-0.05, 0) is 52.7 Å². The van der Waals surface area contributed by atoms with Gasteiger partial charge in [-0.3, -0.25) is 4.79 Å². The van der Waals surface area contributed by atoms with Crippen molar-refractivity contribution in [3.05, 3.63) is 52.4 Å². The molecule has 1 aromatic carbocycles. The highest BCUT2D eigenvalue weighted by Crippen LogP contribution is 2.17. The number of amides is 1. The van der Waals surface area contributed by atoms with Crippen LogP contribution in [0.1, 0.15) is 29.1 Å². The van der Waals surface area contributed by atoms with Crippen LogP contribution in [0.5, 0.6) is 5.75 Å². The molecule has 0 aliphatic carbocycles. The second-order valence-electron chi connectivity index (χ2n) is 4.74. The van der Waals surface area contributed by atoms with Gasteiger partial charge < -0.3 is 19.2 Å². The summed E-state index contributed by atoms with van der Waals surface area (Å²) < 4.78 is 15.4. The summed E-state index contributed by atoms with van der Waals surface area (Å²) in [5.74, 6) is -0.311. The number of benzene rings is 1. The van der Waals surface area contributed by atoms with Crippen LogP contribution in [-0.4, -0.2) is 25.6 Å². The van der Waals surface area contributed by atoms with Crippen molar-refractivity contribution in [1.82, 2.24) is 5.32 Å². The number of esters is 1. The Labute approximate surface area is 141 Å². The molecule has 2 rings (SSSR count). The highest BCUT2D eigenvalue weighted by Gasteiger charge is 2.15. The Hall–Kier alpha value is -2.28. The molecule has 0 unspecified atom stereocenters. The van der Waals surface area contributed by atoms with Crippen molar-refractivity contribution in [2.24, 2.45) is 0 Å². The van der Waals surface area contributed by atoms with Gasteiger partial charge in [0.1, 0.15) is 5.75 Å². The zero-order chi connectivity index (χ0) is 16.8. The minimum atomic E-state index is -0.692. The first-order chi connectivity index (χ1) is 11.0. The first-order valence-corrected chi connectivity index (χ1v) is 7.64. The first kappa shape index (κ1) is 17.1. The fourth-order valence-corrected chi connectivity index (χ4v) is 2.19. The standard InChI is InChI=1S/C16H16BrNO5/c1-10(11-3-5-12(21-2)6-4-11)18-15(19)9-22-16(20)13-7-8-14(17)23-13/h3-8,10H,9H2,1-2H3,(H,18,19)/t10-/m1/s1. The smallest absolute Gasteiger partial charge is 0.374 e. The van der Waals surface area contributed by atoms with Crippen LogP contribution in [0.15, 0.2) is 45.5 Å². The number of hydrogen-bond donors (Lipinski definition) is 1. The van der Waals surface area contributed by atoms with Crippen LogP contribution < -0.4 is 10.1 Å². The van der Waals surface area contributed by atoms with Crippen molar-refractivity contribution >= 4 is 27.8 Å². The predicted octanol–water partition coefficient (Wildman–Crippen LogP) is 3.08. The monoisotopic (exact) mass is 381 g/mol. The van der Waals surface area contributed by atoms with Gasteiger partial charge in [-0.1, -0.05) is 12.1 Å². The van der Waals surface area contributed by atoms with Crippen LogP contribution in [0.25, 0.3) is 0 Å². The second-order valence-corrected chi connectivity index (χ2v) is 5.52. The van der Waals surface area contributed by atoms with Crippen LogP contribution in [0.4, 0.5) is 0 Å². The Morgan fingerprint density at radius 1 is 1.22 bits per heavy atom. The maximum atomic E-state index is 11.8. The Balaban J connectivity index is 1.82. The minimum absolute atomic E-state index is 0.0351. The molecule has 6 nitrogen and oxygen atoms in total. The van der Waals surface area contributed by atoms with Gasteiger partial charge >= 0.3 is 5.97 Å². The molecule has 0 spiro atoms. The Bertz CT molecular complexity index is 680. The van der Waals surface area contributed by atoms with Gasteiger partial charge in [0.05, 0.1) is 13.2 Å². The third-order valence-electron chi connectivity index (χ3n) is 3.10. The number of halogens is 1. The van der Waals surface area contributed by atoms with E-state index in [9.17, 15) is 9.59 Å². The van der Waals surface area contributed by atoms with Gasteiger partial charge in [0.25, 0.3) is 5.91 Å². The number of methoxy groups -OCH3 is 1. The Morgan fingerprint density at radius 3 is 2.48 bits per heavy atom. The summed E-state index contributed by atoms with van der Waals surface area (Å²) in [7, 11) is 1.59. The van der Waals surface area contributed by atoms with Crippen molar-refractivity contribution in [3.63, 3.8) is 0 Å². The molecule has 1 amide bonds. The highest BCUT2D eigenvalue weighted by atomic mass is 79.9. The van der Waals surface area contributed by atoms with Crippen molar-refractivity contribution in [3.8, 4) is 5.75 Å². The number of ether oxygens (including phenoxy) is 2. The van der Waals surface area contributed by atoms with Crippen molar-refractivity contribution in [2.75, 3.05) is 13.7 Å². The molecule has 1 heterocycles. The molecular formula is C16H16BrNO5. The lowest BCUT2D eigenvalue weighted by atomic mass is 10.1. The average Bonchev–Trinajstić information content (AvgIpc) is 2.99. The molecule has 0 aliphatic rings. The molecule has 1 atom stereocenters. The van der Waals surface area contributed by atoms with Crippen molar-refractivity contribution < 1.29 is 23.5 Å². The van der Waals surface area contributed by atoms with Crippen LogP contribution in [0, 0.1) is 0 Å². The number of nitrogens with one attached hydrogen (secondary N) is 1. The van der Waals surface area contributed by atoms with E-state index in [1.54, 1.807) is 13.2 Å². The lowest BCUT2D eigenvalue weighted by molar-refractivity contribution is -0.124. The summed E-state index contributed by atoms with van der Waals surface area (Å²) in [6.07, 6.45) is 0. The fourth-order valence-electron chi connectivity index (χ4n) is 1.89. The van der Waals surface area contributed by atoms with E-state index in [-0.39, 0.29) is 18.4 Å². The lowest BCUT2D eigenvalue weighted by Gasteiger charge is -2.14. The number of carbonyl (C=O) groups excluding carboxylic acids is 2. The Morgan fingerprint density at radius 2 is 1.91 bits per heavy atom. The molecule has 7 heteroatoms. The number of carbonyl (C=O) groups is 2. The number of rotatable bonds is 6. The van der Waals surface area contributed by atoms with E-state index in [4.69, 9.17) is 13.9 Å². The molecule has 0 fully saturated rings. The SMILES string of the molecule is COc1ccc([C@@H](C)NC(=O)COC(=O)c2ccc(Br)o2)cc1. The normalized spacial score (nSPS) is 11.6. The molecule has 23 heavy (non-hydrogen) atoms. The van der Waals surface area contributed by atoms with E-state index in [0.717, 1.165) is 11.3 Å². The minimum Gasteiger partial charge on any atom is -0.497 e. The van der Waals surface area contributed by atoms with E-state index >= 15 is 0 Å². The quantitative estimate of drug-likeness (QED) is 0.777. The molecule has 0 bridgehead atoms. The molecule has 0 radical (unpaired) electrons. The highest BCUT2D eigenvalue weighted by molar-refractivity contribution is 9.10. The zero-order valence-corrected chi connectivity index (χ0v) is 14.3. The molecule has 1 N–H and O–H groups in total. The van der Waals surface area contributed by atoms with Crippen LogP contribution in [0.2, 0.25) is 0 Å². The van der Waals surface area contributed by atoms with E-state index in [2.05, 4.69) is 21.2 Å². The summed E-state index contributed by atoms with van der Waals surface area (Å²) in [6, 6.07) is 10.2. The molecular weight excluding hydrogens is 366 g/mol. The third kappa shape index (κ3) is 4.85. The molecule has 0 saturated heterocycles. The van der Waals surface area contributed by atoms with E-state index in [1.807, 2.05) is 31.2 Å². The molecule has 2 aromatic rings. The van der Waals surface area contributed by atoms with Crippen LogP contribution >= 0.6 is 15.9 Å². The van der Waals surface area contributed by atoms with E-state index in [0.29, 0.717) is 4.67 Å². The van der Waals surface area contributed by atoms with Crippen molar-refractivity contribution in [2.45, 2.75) is 13.0 Å².